The number of hydrogen-bond acceptors (Lipinski definition) is 4. The molecule has 2 amide bonds. The second-order valence-electron chi connectivity index (χ2n) is 10.2. The predicted molar refractivity (Wildman–Crippen MR) is 131 cm³/mol. The number of carbonyl (C=O) groups excluding carboxylic acids is 2. The van der Waals surface area contributed by atoms with Gasteiger partial charge in [0.2, 0.25) is 5.91 Å². The van der Waals surface area contributed by atoms with E-state index in [0.717, 1.165) is 35.1 Å². The summed E-state index contributed by atoms with van der Waals surface area (Å²) in [6.07, 6.45) is 3.06. The first-order chi connectivity index (χ1) is 16.9. The van der Waals surface area contributed by atoms with Gasteiger partial charge >= 0.3 is 12.1 Å². The molecule has 1 heterocycles. The fraction of sp³-hybridized carbons (Fsp3) is 0.464. The molecule has 2 aliphatic carbocycles. The molecule has 2 N–H and O–H groups in total. The van der Waals surface area contributed by atoms with Crippen molar-refractivity contribution in [2.75, 3.05) is 19.7 Å². The van der Waals surface area contributed by atoms with Gasteiger partial charge in [-0.2, -0.15) is 0 Å². The van der Waals surface area contributed by atoms with Gasteiger partial charge in [0.1, 0.15) is 12.1 Å². The summed E-state index contributed by atoms with van der Waals surface area (Å²) in [6.45, 7) is 2.75. The number of nitrogens with one attached hydrogen (secondary N) is 1. The Kier molecular flexibility index (Phi) is 6.03. The van der Waals surface area contributed by atoms with Gasteiger partial charge in [0.25, 0.3) is 0 Å². The van der Waals surface area contributed by atoms with E-state index >= 15 is 0 Å². The van der Waals surface area contributed by atoms with Crippen molar-refractivity contribution in [2.24, 2.45) is 5.41 Å². The maximum Gasteiger partial charge on any atom is 0.408 e. The molecule has 1 atom stereocenters. The van der Waals surface area contributed by atoms with Crippen molar-refractivity contribution >= 4 is 18.0 Å². The van der Waals surface area contributed by atoms with Crippen molar-refractivity contribution in [1.82, 2.24) is 10.2 Å². The number of hydrogen-bond donors (Lipinski definition) is 2. The van der Waals surface area contributed by atoms with Gasteiger partial charge in [-0.1, -0.05) is 61.9 Å². The van der Waals surface area contributed by atoms with E-state index < -0.39 is 23.0 Å². The summed E-state index contributed by atoms with van der Waals surface area (Å²) in [5.41, 5.74) is 2.70. The lowest BCUT2D eigenvalue weighted by atomic mass is 9.75. The molecule has 2 aromatic rings. The van der Waals surface area contributed by atoms with Crippen molar-refractivity contribution < 1.29 is 24.2 Å². The molecular formula is C28H32N2O5. The van der Waals surface area contributed by atoms with Crippen LogP contribution in [-0.2, 0) is 14.3 Å². The first-order valence-electron chi connectivity index (χ1n) is 12.6. The highest BCUT2D eigenvalue weighted by Crippen LogP contribution is 2.45. The van der Waals surface area contributed by atoms with E-state index in [4.69, 9.17) is 4.74 Å². The lowest BCUT2D eigenvalue weighted by Crippen LogP contribution is -2.63. The molecule has 7 heteroatoms. The van der Waals surface area contributed by atoms with Crippen LogP contribution in [0.3, 0.4) is 0 Å². The number of fused-ring (bicyclic) bond motifs is 3. The number of carbonyl (C=O) groups is 3. The average molecular weight is 477 g/mol. The molecule has 0 bridgehead atoms. The second-order valence-corrected chi connectivity index (χ2v) is 10.2. The number of likely N-dealkylation sites (tertiary alicyclic amines) is 1. The summed E-state index contributed by atoms with van der Waals surface area (Å²) < 4.78 is 5.69. The normalized spacial score (nSPS) is 22.1. The van der Waals surface area contributed by atoms with Crippen molar-refractivity contribution in [2.45, 2.75) is 56.9 Å². The van der Waals surface area contributed by atoms with Gasteiger partial charge in [-0.3, -0.25) is 9.59 Å². The predicted octanol–water partition coefficient (Wildman–Crippen LogP) is 4.55. The first-order valence-corrected chi connectivity index (χ1v) is 12.6. The smallest absolute Gasteiger partial charge is 0.408 e. The van der Waals surface area contributed by atoms with E-state index in [1.807, 2.05) is 31.2 Å². The van der Waals surface area contributed by atoms with E-state index in [1.54, 1.807) is 4.90 Å². The summed E-state index contributed by atoms with van der Waals surface area (Å²) in [6, 6.07) is 16.3. The van der Waals surface area contributed by atoms with Gasteiger partial charge in [0.05, 0.1) is 5.41 Å². The monoisotopic (exact) mass is 476 g/mol. The summed E-state index contributed by atoms with van der Waals surface area (Å²) >= 11 is 0. The highest BCUT2D eigenvalue weighted by atomic mass is 16.5. The molecule has 1 saturated heterocycles. The number of ether oxygens (including phenoxy) is 1. The van der Waals surface area contributed by atoms with E-state index in [-0.39, 0.29) is 25.0 Å². The van der Waals surface area contributed by atoms with Crippen LogP contribution in [0.2, 0.25) is 0 Å². The molecule has 2 fully saturated rings. The maximum atomic E-state index is 13.5. The van der Waals surface area contributed by atoms with Crippen LogP contribution in [0.15, 0.2) is 48.5 Å². The number of rotatable bonds is 7. The molecule has 0 spiro atoms. The molecule has 7 nitrogen and oxygen atoms in total. The SMILES string of the molecule is CCCC1(C(=O)O)CCN(C(=O)C2(NC(=O)OCC3c4ccccc4-c4ccccc43)CCC2)C1. The van der Waals surface area contributed by atoms with Crippen LogP contribution in [0.1, 0.15) is 62.5 Å². The summed E-state index contributed by atoms with van der Waals surface area (Å²) in [7, 11) is 0. The summed E-state index contributed by atoms with van der Waals surface area (Å²) in [5, 5.41) is 12.7. The summed E-state index contributed by atoms with van der Waals surface area (Å²) in [4.78, 5) is 39.9. The fourth-order valence-electron chi connectivity index (χ4n) is 6.07. The Labute approximate surface area is 205 Å². The molecule has 0 radical (unpaired) electrons. The second kappa shape index (κ2) is 9.02. The number of aliphatic carboxylic acids is 1. The Morgan fingerprint density at radius 2 is 1.66 bits per heavy atom. The molecule has 1 aliphatic heterocycles. The van der Waals surface area contributed by atoms with Crippen LogP contribution in [0.25, 0.3) is 11.1 Å². The molecule has 1 saturated carbocycles. The van der Waals surface area contributed by atoms with Crippen LogP contribution in [0.5, 0.6) is 0 Å². The highest BCUT2D eigenvalue weighted by molar-refractivity contribution is 5.92. The Balaban J connectivity index is 1.25. The van der Waals surface area contributed by atoms with E-state index in [0.29, 0.717) is 32.2 Å². The lowest BCUT2D eigenvalue weighted by Gasteiger charge is -2.43. The third-order valence-corrected chi connectivity index (χ3v) is 8.12. The minimum atomic E-state index is -0.997. The van der Waals surface area contributed by atoms with Crippen LogP contribution in [0.4, 0.5) is 4.79 Å². The molecule has 3 aliphatic rings. The third kappa shape index (κ3) is 3.97. The average Bonchev–Trinajstić information content (AvgIpc) is 3.41. The van der Waals surface area contributed by atoms with Crippen molar-refractivity contribution in [3.8, 4) is 11.1 Å². The van der Waals surface area contributed by atoms with Crippen LogP contribution >= 0.6 is 0 Å². The quantitative estimate of drug-likeness (QED) is 0.611. The molecule has 0 aromatic heterocycles. The molecule has 5 rings (SSSR count). The minimum Gasteiger partial charge on any atom is -0.481 e. The lowest BCUT2D eigenvalue weighted by molar-refractivity contribution is -0.150. The number of benzene rings is 2. The maximum absolute atomic E-state index is 13.5. The zero-order valence-electron chi connectivity index (χ0n) is 20.1. The van der Waals surface area contributed by atoms with Crippen LogP contribution in [0, 0.1) is 5.41 Å². The van der Waals surface area contributed by atoms with Gasteiger partial charge in [-0.05, 0) is 54.4 Å². The van der Waals surface area contributed by atoms with Gasteiger partial charge in [0, 0.05) is 19.0 Å². The molecule has 1 unspecified atom stereocenters. The largest absolute Gasteiger partial charge is 0.481 e. The van der Waals surface area contributed by atoms with Gasteiger partial charge in [-0.15, -0.1) is 0 Å². The molecule has 2 aromatic carbocycles. The zero-order chi connectivity index (χ0) is 24.6. The molecular weight excluding hydrogens is 444 g/mol. The van der Waals surface area contributed by atoms with Crippen molar-refractivity contribution in [3.63, 3.8) is 0 Å². The first kappa shape index (κ1) is 23.4. The topological polar surface area (TPSA) is 95.9 Å². The van der Waals surface area contributed by atoms with E-state index in [2.05, 4.69) is 29.6 Å². The molecule has 184 valence electrons. The Morgan fingerprint density at radius 3 is 2.20 bits per heavy atom. The third-order valence-electron chi connectivity index (χ3n) is 8.12. The number of carboxylic acids is 1. The van der Waals surface area contributed by atoms with Crippen LogP contribution in [-0.4, -0.2) is 53.2 Å². The molecule has 35 heavy (non-hydrogen) atoms. The number of amides is 2. The Morgan fingerprint density at radius 1 is 1.03 bits per heavy atom. The Bertz CT molecular complexity index is 1110. The van der Waals surface area contributed by atoms with Gasteiger partial charge < -0.3 is 20.1 Å². The number of carboxylic acid groups (broad SMARTS) is 1. The minimum absolute atomic E-state index is 0.0509. The van der Waals surface area contributed by atoms with Crippen LogP contribution < -0.4 is 5.32 Å². The Hall–Kier alpha value is -3.35. The number of alkyl carbamates (subject to hydrolysis) is 1. The fourth-order valence-corrected chi connectivity index (χ4v) is 6.07. The van der Waals surface area contributed by atoms with Crippen molar-refractivity contribution in [3.05, 3.63) is 59.7 Å². The number of nitrogens with zero attached hydrogens (tertiary/aromatic N) is 1. The highest BCUT2D eigenvalue weighted by Gasteiger charge is 2.53. The van der Waals surface area contributed by atoms with E-state index in [1.165, 1.54) is 0 Å². The van der Waals surface area contributed by atoms with Gasteiger partial charge in [-0.25, -0.2) is 4.79 Å². The zero-order valence-corrected chi connectivity index (χ0v) is 20.1. The van der Waals surface area contributed by atoms with Gasteiger partial charge in [0.15, 0.2) is 0 Å². The van der Waals surface area contributed by atoms with E-state index in [9.17, 15) is 19.5 Å². The summed E-state index contributed by atoms with van der Waals surface area (Å²) in [5.74, 6) is -1.08. The van der Waals surface area contributed by atoms with Crippen molar-refractivity contribution in [1.29, 1.82) is 0 Å². The standard InChI is InChI=1S/C28H32N2O5/c1-2-12-27(25(32)33)15-16-30(18-27)24(31)28(13-7-14-28)29-26(34)35-17-23-21-10-5-3-8-19(21)20-9-4-6-11-22(20)23/h3-6,8-11,23H,2,7,12-18H2,1H3,(H,29,34)(H,32,33).